The SMILES string of the molecule is Cn1nccc1C(=O)Nc1nc(-c2cc(Cl)sc2Cl)cs1. The van der Waals surface area contributed by atoms with Crippen molar-refractivity contribution in [2.45, 2.75) is 0 Å². The van der Waals surface area contributed by atoms with E-state index in [1.165, 1.54) is 27.4 Å². The van der Waals surface area contributed by atoms with Crippen LogP contribution in [0.1, 0.15) is 10.5 Å². The van der Waals surface area contributed by atoms with E-state index < -0.39 is 0 Å². The lowest BCUT2D eigenvalue weighted by atomic mass is 10.3. The molecule has 3 heterocycles. The highest BCUT2D eigenvalue weighted by Gasteiger charge is 2.15. The van der Waals surface area contributed by atoms with Gasteiger partial charge in [0.1, 0.15) is 10.0 Å². The number of aryl methyl sites for hydroxylation is 1. The van der Waals surface area contributed by atoms with Gasteiger partial charge in [0, 0.05) is 24.2 Å². The van der Waals surface area contributed by atoms with Gasteiger partial charge >= 0.3 is 0 Å². The number of amides is 1. The average Bonchev–Trinajstić information content (AvgIpc) is 3.10. The molecular weight excluding hydrogens is 351 g/mol. The molecule has 0 aliphatic rings. The lowest BCUT2D eigenvalue weighted by Crippen LogP contribution is -2.15. The molecule has 0 radical (unpaired) electrons. The molecule has 1 amide bonds. The van der Waals surface area contributed by atoms with Crippen molar-refractivity contribution in [1.29, 1.82) is 0 Å². The summed E-state index contributed by atoms with van der Waals surface area (Å²) in [5, 5.41) is 9.01. The molecule has 9 heteroatoms. The highest BCUT2D eigenvalue weighted by molar-refractivity contribution is 7.20. The van der Waals surface area contributed by atoms with E-state index in [1.54, 1.807) is 25.4 Å². The first-order valence-corrected chi connectivity index (χ1v) is 8.20. The lowest BCUT2D eigenvalue weighted by molar-refractivity contribution is 0.101. The molecule has 21 heavy (non-hydrogen) atoms. The Hall–Kier alpha value is -1.41. The number of carbonyl (C=O) groups is 1. The molecule has 3 rings (SSSR count). The zero-order chi connectivity index (χ0) is 15.0. The van der Waals surface area contributed by atoms with Crippen LogP contribution in [0.25, 0.3) is 11.3 Å². The molecule has 3 aromatic heterocycles. The van der Waals surface area contributed by atoms with Gasteiger partial charge in [-0.3, -0.25) is 14.8 Å². The second-order valence-corrected chi connectivity index (χ2v) is 7.21. The summed E-state index contributed by atoms with van der Waals surface area (Å²) in [7, 11) is 1.70. The fourth-order valence-electron chi connectivity index (χ4n) is 1.73. The first-order chi connectivity index (χ1) is 10.0. The van der Waals surface area contributed by atoms with Crippen LogP contribution in [-0.2, 0) is 7.05 Å². The monoisotopic (exact) mass is 358 g/mol. The van der Waals surface area contributed by atoms with Crippen LogP contribution in [0.5, 0.6) is 0 Å². The Labute approximate surface area is 138 Å². The summed E-state index contributed by atoms with van der Waals surface area (Å²) >= 11 is 14.6. The second-order valence-electron chi connectivity index (χ2n) is 4.07. The number of hydrogen-bond donors (Lipinski definition) is 1. The minimum Gasteiger partial charge on any atom is -0.296 e. The molecule has 0 saturated carbocycles. The number of aromatic nitrogens is 3. The smallest absolute Gasteiger partial charge is 0.275 e. The highest BCUT2D eigenvalue weighted by Crippen LogP contribution is 2.38. The third-order valence-electron chi connectivity index (χ3n) is 2.71. The number of halogens is 2. The summed E-state index contributed by atoms with van der Waals surface area (Å²) in [5.74, 6) is -0.259. The van der Waals surface area contributed by atoms with Crippen LogP contribution in [0, 0.1) is 0 Å². The van der Waals surface area contributed by atoms with Crippen LogP contribution in [0.3, 0.4) is 0 Å². The molecule has 0 fully saturated rings. The third kappa shape index (κ3) is 2.96. The Bertz CT molecular complexity index is 808. The van der Waals surface area contributed by atoms with Gasteiger partial charge in [0.25, 0.3) is 5.91 Å². The predicted molar refractivity (Wildman–Crippen MR) is 86.6 cm³/mol. The van der Waals surface area contributed by atoms with Gasteiger partial charge in [0.15, 0.2) is 5.13 Å². The summed E-state index contributed by atoms with van der Waals surface area (Å²) in [6, 6.07) is 3.40. The predicted octanol–water partition coefficient (Wildman–Crippen LogP) is 4.16. The maximum Gasteiger partial charge on any atom is 0.275 e. The van der Waals surface area contributed by atoms with Crippen molar-refractivity contribution in [3.8, 4) is 11.3 Å². The molecule has 3 aromatic rings. The fourth-order valence-corrected chi connectivity index (χ4v) is 3.91. The summed E-state index contributed by atoms with van der Waals surface area (Å²) in [5.41, 5.74) is 1.92. The molecule has 5 nitrogen and oxygen atoms in total. The van der Waals surface area contributed by atoms with Crippen molar-refractivity contribution in [2.75, 3.05) is 5.32 Å². The molecule has 0 aliphatic carbocycles. The van der Waals surface area contributed by atoms with Crippen molar-refractivity contribution in [1.82, 2.24) is 14.8 Å². The van der Waals surface area contributed by atoms with E-state index in [4.69, 9.17) is 23.2 Å². The van der Waals surface area contributed by atoms with E-state index in [9.17, 15) is 4.79 Å². The molecule has 0 spiro atoms. The second kappa shape index (κ2) is 5.76. The quantitative estimate of drug-likeness (QED) is 0.764. The highest BCUT2D eigenvalue weighted by atomic mass is 35.5. The van der Waals surface area contributed by atoms with Gasteiger partial charge in [-0.25, -0.2) is 4.98 Å². The van der Waals surface area contributed by atoms with Gasteiger partial charge in [-0.1, -0.05) is 23.2 Å². The summed E-state index contributed by atoms with van der Waals surface area (Å²) in [6.07, 6.45) is 1.56. The minimum atomic E-state index is -0.259. The third-order valence-corrected chi connectivity index (χ3v) is 4.96. The van der Waals surface area contributed by atoms with Gasteiger partial charge in [0.05, 0.1) is 10.0 Å². The van der Waals surface area contributed by atoms with Crippen LogP contribution in [0.4, 0.5) is 5.13 Å². The molecule has 0 aliphatic heterocycles. The minimum absolute atomic E-state index is 0.259. The van der Waals surface area contributed by atoms with Crippen LogP contribution in [-0.4, -0.2) is 20.7 Å². The molecule has 108 valence electrons. The summed E-state index contributed by atoms with van der Waals surface area (Å²) in [4.78, 5) is 16.4. The number of anilines is 1. The van der Waals surface area contributed by atoms with Crippen LogP contribution in [0.15, 0.2) is 23.7 Å². The summed E-state index contributed by atoms with van der Waals surface area (Å²) < 4.78 is 2.68. The Morgan fingerprint density at radius 1 is 1.43 bits per heavy atom. The molecular formula is C12H8Cl2N4OS2. The fraction of sp³-hybridized carbons (Fsp3) is 0.0833. The van der Waals surface area contributed by atoms with E-state index in [2.05, 4.69) is 15.4 Å². The number of carbonyl (C=O) groups excluding carboxylic acids is 1. The number of nitrogens with one attached hydrogen (secondary N) is 1. The van der Waals surface area contributed by atoms with Crippen molar-refractivity contribution in [3.05, 3.63) is 38.1 Å². The standard InChI is InChI=1S/C12H8Cl2N4OS2/c1-18-8(2-3-15-18)11(19)17-12-16-7(5-20-12)6-4-9(13)21-10(6)14/h2-5H,1H3,(H,16,17,19). The number of nitrogens with zero attached hydrogens (tertiary/aromatic N) is 3. The number of rotatable bonds is 3. The zero-order valence-electron chi connectivity index (χ0n) is 10.6. The molecule has 0 unspecified atom stereocenters. The number of thiophene rings is 1. The van der Waals surface area contributed by atoms with E-state index >= 15 is 0 Å². The van der Waals surface area contributed by atoms with E-state index in [0.717, 1.165) is 5.56 Å². The number of thiazole rings is 1. The van der Waals surface area contributed by atoms with E-state index in [1.807, 2.05) is 5.38 Å². The molecule has 1 N–H and O–H groups in total. The average molecular weight is 359 g/mol. The molecule has 0 bridgehead atoms. The molecule has 0 saturated heterocycles. The van der Waals surface area contributed by atoms with Gasteiger partial charge in [-0.2, -0.15) is 5.10 Å². The van der Waals surface area contributed by atoms with E-state index in [0.29, 0.717) is 25.2 Å². The zero-order valence-corrected chi connectivity index (χ0v) is 13.8. The van der Waals surface area contributed by atoms with Crippen LogP contribution >= 0.6 is 45.9 Å². The maximum absolute atomic E-state index is 12.1. The normalized spacial score (nSPS) is 10.8. The van der Waals surface area contributed by atoms with Gasteiger partial charge < -0.3 is 0 Å². The van der Waals surface area contributed by atoms with Crippen molar-refractivity contribution in [3.63, 3.8) is 0 Å². The van der Waals surface area contributed by atoms with Crippen LogP contribution in [0.2, 0.25) is 8.67 Å². The topological polar surface area (TPSA) is 59.8 Å². The van der Waals surface area contributed by atoms with Crippen molar-refractivity contribution >= 4 is 56.9 Å². The molecule has 0 aromatic carbocycles. The summed E-state index contributed by atoms with van der Waals surface area (Å²) in [6.45, 7) is 0. The van der Waals surface area contributed by atoms with Crippen molar-refractivity contribution in [2.24, 2.45) is 7.05 Å². The first-order valence-electron chi connectivity index (χ1n) is 5.74. The Kier molecular flexibility index (Phi) is 3.99. The van der Waals surface area contributed by atoms with Gasteiger partial charge in [0.2, 0.25) is 0 Å². The van der Waals surface area contributed by atoms with Crippen molar-refractivity contribution < 1.29 is 4.79 Å². The largest absolute Gasteiger partial charge is 0.296 e. The molecule has 0 atom stereocenters. The Balaban J connectivity index is 1.81. The first kappa shape index (κ1) is 14.5. The lowest BCUT2D eigenvalue weighted by Gasteiger charge is -2.01. The Morgan fingerprint density at radius 2 is 2.24 bits per heavy atom. The maximum atomic E-state index is 12.1. The van der Waals surface area contributed by atoms with Gasteiger partial charge in [-0.15, -0.1) is 22.7 Å². The van der Waals surface area contributed by atoms with E-state index in [-0.39, 0.29) is 5.91 Å². The van der Waals surface area contributed by atoms with Crippen LogP contribution < -0.4 is 5.32 Å². The Morgan fingerprint density at radius 3 is 2.86 bits per heavy atom. The van der Waals surface area contributed by atoms with Gasteiger partial charge in [-0.05, 0) is 12.1 Å². The number of hydrogen-bond acceptors (Lipinski definition) is 5.